The average Bonchev–Trinajstić information content (AvgIpc) is 2.60. The number of H-pyrrole nitrogens is 1. The maximum Gasteiger partial charge on any atom is 0.287 e. The van der Waals surface area contributed by atoms with Crippen LogP contribution in [0.4, 0.5) is 4.39 Å². The Labute approximate surface area is 84.8 Å². The molecule has 15 heavy (non-hydrogen) atoms. The summed E-state index contributed by atoms with van der Waals surface area (Å²) < 4.78 is 18.1. The van der Waals surface area contributed by atoms with Crippen molar-refractivity contribution in [2.24, 2.45) is 0 Å². The highest BCUT2D eigenvalue weighted by molar-refractivity contribution is 5.56. The second kappa shape index (κ2) is 3.34. The Morgan fingerprint density at radius 3 is 2.73 bits per heavy atom. The molecule has 0 unspecified atom stereocenters. The van der Waals surface area contributed by atoms with E-state index < -0.39 is 11.4 Å². The lowest BCUT2D eigenvalue weighted by Gasteiger charge is -2.00. The summed E-state index contributed by atoms with van der Waals surface area (Å²) in [5.41, 5.74) is -0.0253. The minimum Gasteiger partial charge on any atom is -0.469 e. The van der Waals surface area contributed by atoms with Crippen molar-refractivity contribution in [3.63, 3.8) is 0 Å². The number of hydrogen-bond acceptors (Lipinski definition) is 3. The van der Waals surface area contributed by atoms with Crippen LogP contribution in [0.5, 0.6) is 0 Å². The summed E-state index contributed by atoms with van der Waals surface area (Å²) in [6.07, 6.45) is 1.49. The molecule has 0 aliphatic carbocycles. The van der Waals surface area contributed by atoms with E-state index in [9.17, 15) is 9.18 Å². The smallest absolute Gasteiger partial charge is 0.287 e. The molecule has 2 rings (SSSR count). The van der Waals surface area contributed by atoms with Crippen LogP contribution in [0.2, 0.25) is 0 Å². The van der Waals surface area contributed by atoms with Crippen molar-refractivity contribution in [2.75, 3.05) is 0 Å². The third kappa shape index (κ3) is 1.56. The summed E-state index contributed by atoms with van der Waals surface area (Å²) in [6.45, 7) is 3.19. The summed E-state index contributed by atoms with van der Waals surface area (Å²) in [6, 6.07) is 1.67. The van der Waals surface area contributed by atoms with E-state index in [1.807, 2.05) is 0 Å². The fraction of sp³-hybridized carbons (Fsp3) is 0.200. The van der Waals surface area contributed by atoms with Crippen LogP contribution in [0.3, 0.4) is 0 Å². The fourth-order valence-corrected chi connectivity index (χ4v) is 1.33. The van der Waals surface area contributed by atoms with E-state index in [0.29, 0.717) is 17.1 Å². The molecule has 0 bridgehead atoms. The first-order valence-electron chi connectivity index (χ1n) is 4.40. The first-order valence-corrected chi connectivity index (χ1v) is 4.40. The Morgan fingerprint density at radius 1 is 1.47 bits per heavy atom. The Morgan fingerprint density at radius 2 is 2.20 bits per heavy atom. The number of aromatic amines is 1. The number of aryl methyl sites for hydroxylation is 2. The van der Waals surface area contributed by atoms with E-state index in [0.717, 1.165) is 0 Å². The van der Waals surface area contributed by atoms with Gasteiger partial charge in [-0.15, -0.1) is 0 Å². The predicted octanol–water partition coefficient (Wildman–Crippen LogP) is 1.79. The van der Waals surface area contributed by atoms with Crippen molar-refractivity contribution in [1.29, 1.82) is 0 Å². The molecule has 2 aromatic heterocycles. The van der Waals surface area contributed by atoms with Crippen molar-refractivity contribution in [3.05, 3.63) is 40.0 Å². The highest BCUT2D eigenvalue weighted by atomic mass is 19.1. The van der Waals surface area contributed by atoms with Crippen LogP contribution < -0.4 is 5.56 Å². The van der Waals surface area contributed by atoms with Gasteiger partial charge in [0.25, 0.3) is 5.56 Å². The summed E-state index contributed by atoms with van der Waals surface area (Å²) in [5.74, 6) is 0.106. The van der Waals surface area contributed by atoms with E-state index >= 15 is 0 Å². The molecule has 1 N–H and O–H groups in total. The zero-order valence-corrected chi connectivity index (χ0v) is 8.30. The standard InChI is InChI=1S/C10H9FN2O2/c1-5-8(11)10(14)13-9(12-5)7-3-4-15-6(7)2/h3-4H,1-2H3,(H,12,13,14). The molecular weight excluding hydrogens is 199 g/mol. The Kier molecular flexibility index (Phi) is 2.15. The quantitative estimate of drug-likeness (QED) is 0.777. The van der Waals surface area contributed by atoms with Gasteiger partial charge in [0.15, 0.2) is 0 Å². The Hall–Kier alpha value is -1.91. The Bertz CT molecular complexity index is 557. The van der Waals surface area contributed by atoms with Crippen molar-refractivity contribution in [1.82, 2.24) is 9.97 Å². The molecule has 2 heterocycles. The molecule has 0 atom stereocenters. The highest BCUT2D eigenvalue weighted by Crippen LogP contribution is 2.19. The third-order valence-electron chi connectivity index (χ3n) is 2.14. The summed E-state index contributed by atoms with van der Waals surface area (Å²) in [5, 5.41) is 0. The second-order valence-corrected chi connectivity index (χ2v) is 3.20. The predicted molar refractivity (Wildman–Crippen MR) is 52.0 cm³/mol. The molecule has 0 amide bonds. The average molecular weight is 208 g/mol. The Balaban J connectivity index is 2.66. The SMILES string of the molecule is Cc1nc(-c2ccoc2C)[nH]c(=O)c1F. The van der Waals surface area contributed by atoms with E-state index in [4.69, 9.17) is 4.42 Å². The van der Waals surface area contributed by atoms with Crippen LogP contribution in [-0.2, 0) is 0 Å². The highest BCUT2D eigenvalue weighted by Gasteiger charge is 2.11. The number of nitrogens with one attached hydrogen (secondary N) is 1. The summed E-state index contributed by atoms with van der Waals surface area (Å²) in [4.78, 5) is 17.5. The van der Waals surface area contributed by atoms with Crippen molar-refractivity contribution in [3.8, 4) is 11.4 Å². The van der Waals surface area contributed by atoms with Crippen LogP contribution in [-0.4, -0.2) is 9.97 Å². The van der Waals surface area contributed by atoms with Gasteiger partial charge in [-0.3, -0.25) is 4.79 Å². The minimum atomic E-state index is -0.847. The molecular formula is C10H9FN2O2. The van der Waals surface area contributed by atoms with Gasteiger partial charge >= 0.3 is 0 Å². The number of furan rings is 1. The van der Waals surface area contributed by atoms with Crippen LogP contribution >= 0.6 is 0 Å². The zero-order chi connectivity index (χ0) is 11.0. The number of nitrogens with zero attached hydrogens (tertiary/aromatic N) is 1. The number of aromatic nitrogens is 2. The van der Waals surface area contributed by atoms with Gasteiger partial charge in [0.2, 0.25) is 5.82 Å². The van der Waals surface area contributed by atoms with Crippen molar-refractivity contribution in [2.45, 2.75) is 13.8 Å². The molecule has 0 aromatic carbocycles. The molecule has 0 aliphatic heterocycles. The normalized spacial score (nSPS) is 10.6. The van der Waals surface area contributed by atoms with Gasteiger partial charge in [-0.1, -0.05) is 0 Å². The number of rotatable bonds is 1. The number of hydrogen-bond donors (Lipinski definition) is 1. The first kappa shape index (κ1) is 9.64. The molecule has 78 valence electrons. The molecule has 0 radical (unpaired) electrons. The molecule has 5 heteroatoms. The summed E-state index contributed by atoms with van der Waals surface area (Å²) in [7, 11) is 0. The lowest BCUT2D eigenvalue weighted by molar-refractivity contribution is 0.534. The third-order valence-corrected chi connectivity index (χ3v) is 2.14. The largest absolute Gasteiger partial charge is 0.469 e. The molecule has 4 nitrogen and oxygen atoms in total. The maximum atomic E-state index is 13.0. The van der Waals surface area contributed by atoms with Crippen LogP contribution in [0.25, 0.3) is 11.4 Å². The van der Waals surface area contributed by atoms with Gasteiger partial charge in [-0.05, 0) is 19.9 Å². The van der Waals surface area contributed by atoms with Crippen molar-refractivity contribution >= 4 is 0 Å². The number of halogens is 1. The van der Waals surface area contributed by atoms with Crippen LogP contribution in [0.1, 0.15) is 11.5 Å². The molecule has 0 spiro atoms. The van der Waals surface area contributed by atoms with Gasteiger partial charge in [-0.2, -0.15) is 4.39 Å². The van der Waals surface area contributed by atoms with Gasteiger partial charge in [0.05, 0.1) is 17.5 Å². The van der Waals surface area contributed by atoms with Crippen molar-refractivity contribution < 1.29 is 8.81 Å². The first-order chi connectivity index (χ1) is 7.09. The van der Waals surface area contributed by atoms with Gasteiger partial charge < -0.3 is 9.40 Å². The second-order valence-electron chi connectivity index (χ2n) is 3.20. The molecule has 0 saturated carbocycles. The fourth-order valence-electron chi connectivity index (χ4n) is 1.33. The minimum absolute atomic E-state index is 0.0781. The van der Waals surface area contributed by atoms with E-state index in [-0.39, 0.29) is 5.69 Å². The maximum absolute atomic E-state index is 13.0. The molecule has 2 aromatic rings. The lowest BCUT2D eigenvalue weighted by Crippen LogP contribution is -2.15. The van der Waals surface area contributed by atoms with Crippen LogP contribution in [0.15, 0.2) is 21.5 Å². The van der Waals surface area contributed by atoms with Crippen LogP contribution in [0, 0.1) is 19.7 Å². The molecule has 0 aliphatic rings. The summed E-state index contributed by atoms with van der Waals surface area (Å²) >= 11 is 0. The van der Waals surface area contributed by atoms with Gasteiger partial charge in [0, 0.05) is 0 Å². The van der Waals surface area contributed by atoms with Gasteiger partial charge in [0.1, 0.15) is 11.6 Å². The topological polar surface area (TPSA) is 58.9 Å². The zero-order valence-electron chi connectivity index (χ0n) is 8.30. The monoisotopic (exact) mass is 208 g/mol. The van der Waals surface area contributed by atoms with E-state index in [1.165, 1.54) is 13.2 Å². The van der Waals surface area contributed by atoms with E-state index in [2.05, 4.69) is 9.97 Å². The lowest BCUT2D eigenvalue weighted by atomic mass is 10.2. The van der Waals surface area contributed by atoms with E-state index in [1.54, 1.807) is 13.0 Å². The molecule has 0 fully saturated rings. The van der Waals surface area contributed by atoms with Gasteiger partial charge in [-0.25, -0.2) is 4.98 Å². The molecule has 0 saturated heterocycles.